The van der Waals surface area contributed by atoms with E-state index in [1.807, 2.05) is 4.68 Å². The molecule has 1 unspecified atom stereocenters. The number of aromatic nitrogens is 3. The van der Waals surface area contributed by atoms with Crippen LogP contribution in [0.2, 0.25) is 0 Å². The summed E-state index contributed by atoms with van der Waals surface area (Å²) in [6.45, 7) is 4.62. The number of rotatable bonds is 4. The first-order valence-electron chi connectivity index (χ1n) is 6.01. The van der Waals surface area contributed by atoms with Gasteiger partial charge in [0.15, 0.2) is 0 Å². The lowest BCUT2D eigenvalue weighted by molar-refractivity contribution is 0.0581. The molecule has 1 saturated heterocycles. The Morgan fingerprint density at radius 1 is 1.56 bits per heavy atom. The van der Waals surface area contributed by atoms with Crippen LogP contribution in [0, 0.1) is 5.92 Å². The third-order valence-electron chi connectivity index (χ3n) is 3.28. The maximum Gasteiger partial charge on any atom is 0.138 e. The Hall–Kier alpha value is -0.940. The van der Waals surface area contributed by atoms with Crippen LogP contribution < -0.4 is 5.73 Å². The van der Waals surface area contributed by atoms with Gasteiger partial charge in [-0.3, -0.25) is 4.68 Å². The molecule has 5 heteroatoms. The van der Waals surface area contributed by atoms with Crippen LogP contribution in [0.4, 0.5) is 0 Å². The van der Waals surface area contributed by atoms with E-state index >= 15 is 0 Å². The van der Waals surface area contributed by atoms with Gasteiger partial charge in [0.05, 0.1) is 0 Å². The van der Waals surface area contributed by atoms with E-state index in [-0.39, 0.29) is 6.04 Å². The zero-order chi connectivity index (χ0) is 11.4. The van der Waals surface area contributed by atoms with Crippen molar-refractivity contribution in [3.05, 3.63) is 12.2 Å². The highest BCUT2D eigenvalue weighted by atomic mass is 16.5. The monoisotopic (exact) mass is 224 g/mol. The molecule has 2 N–H and O–H groups in total. The molecule has 0 radical (unpaired) electrons. The van der Waals surface area contributed by atoms with E-state index in [2.05, 4.69) is 17.0 Å². The second-order valence-electron chi connectivity index (χ2n) is 4.31. The quantitative estimate of drug-likeness (QED) is 0.813. The minimum atomic E-state index is 0.179. The van der Waals surface area contributed by atoms with Crippen molar-refractivity contribution < 1.29 is 4.74 Å². The molecule has 1 aromatic rings. The fourth-order valence-corrected chi connectivity index (χ4v) is 2.23. The Morgan fingerprint density at radius 2 is 2.31 bits per heavy atom. The van der Waals surface area contributed by atoms with E-state index in [0.29, 0.717) is 5.92 Å². The summed E-state index contributed by atoms with van der Waals surface area (Å²) in [5.74, 6) is 1.57. The number of hydrogen-bond acceptors (Lipinski definition) is 4. The Labute approximate surface area is 96.0 Å². The van der Waals surface area contributed by atoms with Crippen LogP contribution in [0.25, 0.3) is 0 Å². The highest BCUT2D eigenvalue weighted by molar-refractivity contribution is 4.91. The van der Waals surface area contributed by atoms with Gasteiger partial charge < -0.3 is 10.5 Å². The molecule has 1 aliphatic heterocycles. The van der Waals surface area contributed by atoms with E-state index in [1.165, 1.54) is 0 Å². The highest BCUT2D eigenvalue weighted by Crippen LogP contribution is 2.19. The smallest absolute Gasteiger partial charge is 0.138 e. The van der Waals surface area contributed by atoms with Gasteiger partial charge in [-0.25, -0.2) is 4.98 Å². The third-order valence-corrected chi connectivity index (χ3v) is 3.28. The largest absolute Gasteiger partial charge is 0.381 e. The predicted octanol–water partition coefficient (Wildman–Crippen LogP) is 0.594. The lowest BCUT2D eigenvalue weighted by Crippen LogP contribution is -2.36. The van der Waals surface area contributed by atoms with Crippen molar-refractivity contribution in [3.63, 3.8) is 0 Å². The van der Waals surface area contributed by atoms with Crippen molar-refractivity contribution in [1.29, 1.82) is 0 Å². The van der Waals surface area contributed by atoms with Crippen molar-refractivity contribution >= 4 is 0 Å². The first-order chi connectivity index (χ1) is 7.81. The van der Waals surface area contributed by atoms with Crippen molar-refractivity contribution in [2.24, 2.45) is 11.7 Å². The summed E-state index contributed by atoms with van der Waals surface area (Å²) in [6.07, 6.45) is 4.57. The summed E-state index contributed by atoms with van der Waals surface area (Å²) in [6, 6.07) is 0.179. The maximum absolute atomic E-state index is 6.23. The summed E-state index contributed by atoms with van der Waals surface area (Å²) >= 11 is 0. The molecule has 0 bridgehead atoms. The zero-order valence-electron chi connectivity index (χ0n) is 9.80. The van der Waals surface area contributed by atoms with Gasteiger partial charge in [0.25, 0.3) is 0 Å². The molecule has 0 aliphatic carbocycles. The van der Waals surface area contributed by atoms with Crippen LogP contribution in [-0.4, -0.2) is 34.0 Å². The molecule has 2 rings (SSSR count). The zero-order valence-corrected chi connectivity index (χ0v) is 9.80. The van der Waals surface area contributed by atoms with E-state index in [1.54, 1.807) is 6.33 Å². The fraction of sp³-hybridized carbons (Fsp3) is 0.818. The Balaban J connectivity index is 1.93. The normalized spacial score (nSPS) is 19.9. The van der Waals surface area contributed by atoms with E-state index in [0.717, 1.165) is 44.8 Å². The number of aryl methyl sites for hydroxylation is 1. The highest BCUT2D eigenvalue weighted by Gasteiger charge is 2.22. The summed E-state index contributed by atoms with van der Waals surface area (Å²) in [5.41, 5.74) is 6.23. The average Bonchev–Trinajstić information content (AvgIpc) is 2.77. The summed E-state index contributed by atoms with van der Waals surface area (Å²) < 4.78 is 7.26. The molecule has 2 heterocycles. The second kappa shape index (κ2) is 5.41. The Bertz CT molecular complexity index is 320. The van der Waals surface area contributed by atoms with E-state index in [9.17, 15) is 0 Å². The van der Waals surface area contributed by atoms with Crippen LogP contribution in [0.5, 0.6) is 0 Å². The van der Waals surface area contributed by atoms with Gasteiger partial charge in [-0.05, 0) is 25.7 Å². The van der Waals surface area contributed by atoms with E-state index in [4.69, 9.17) is 10.5 Å². The van der Waals surface area contributed by atoms with Gasteiger partial charge in [0.1, 0.15) is 12.2 Å². The minimum Gasteiger partial charge on any atom is -0.381 e. The average molecular weight is 224 g/mol. The number of nitrogens with zero attached hydrogens (tertiary/aromatic N) is 3. The van der Waals surface area contributed by atoms with Crippen molar-refractivity contribution in [3.8, 4) is 0 Å². The summed E-state index contributed by atoms with van der Waals surface area (Å²) in [5, 5.41) is 4.16. The molecular formula is C11H20N4O. The van der Waals surface area contributed by atoms with Crippen LogP contribution in [0.15, 0.2) is 6.33 Å². The molecule has 0 aromatic carbocycles. The van der Waals surface area contributed by atoms with Gasteiger partial charge in [0, 0.05) is 32.2 Å². The number of hydrogen-bond donors (Lipinski definition) is 1. The number of nitrogens with two attached hydrogens (primary N) is 1. The van der Waals surface area contributed by atoms with Gasteiger partial charge in [-0.2, -0.15) is 5.10 Å². The van der Waals surface area contributed by atoms with Gasteiger partial charge in [0.2, 0.25) is 0 Å². The van der Waals surface area contributed by atoms with E-state index < -0.39 is 0 Å². The standard InChI is InChI=1S/C11H20N4O/c1-2-15-11(13-8-14-15)7-10(12)9-3-5-16-6-4-9/h8-10H,2-7,12H2,1H3. The lowest BCUT2D eigenvalue weighted by atomic mass is 9.90. The maximum atomic E-state index is 6.23. The fourth-order valence-electron chi connectivity index (χ4n) is 2.23. The van der Waals surface area contributed by atoms with Crippen LogP contribution in [-0.2, 0) is 17.7 Å². The van der Waals surface area contributed by atoms with Crippen molar-refractivity contribution in [2.45, 2.75) is 38.8 Å². The van der Waals surface area contributed by atoms with Crippen molar-refractivity contribution in [2.75, 3.05) is 13.2 Å². The molecule has 1 atom stereocenters. The molecule has 16 heavy (non-hydrogen) atoms. The summed E-state index contributed by atoms with van der Waals surface area (Å²) in [4.78, 5) is 4.26. The molecule has 1 fully saturated rings. The van der Waals surface area contributed by atoms with Crippen LogP contribution in [0.1, 0.15) is 25.6 Å². The second-order valence-corrected chi connectivity index (χ2v) is 4.31. The molecule has 5 nitrogen and oxygen atoms in total. The van der Waals surface area contributed by atoms with Gasteiger partial charge in [-0.1, -0.05) is 0 Å². The Kier molecular flexibility index (Phi) is 3.90. The summed E-state index contributed by atoms with van der Waals surface area (Å²) in [7, 11) is 0. The lowest BCUT2D eigenvalue weighted by Gasteiger charge is -2.27. The molecule has 1 aromatic heterocycles. The topological polar surface area (TPSA) is 66.0 Å². The third kappa shape index (κ3) is 2.59. The first-order valence-corrected chi connectivity index (χ1v) is 6.01. The SMILES string of the molecule is CCn1ncnc1CC(N)C1CCOCC1. The van der Waals surface area contributed by atoms with Crippen LogP contribution >= 0.6 is 0 Å². The molecule has 0 spiro atoms. The van der Waals surface area contributed by atoms with Crippen LogP contribution in [0.3, 0.4) is 0 Å². The first kappa shape index (κ1) is 11.5. The molecule has 0 saturated carbocycles. The minimum absolute atomic E-state index is 0.179. The van der Waals surface area contributed by atoms with Gasteiger partial charge >= 0.3 is 0 Å². The predicted molar refractivity (Wildman–Crippen MR) is 60.9 cm³/mol. The molecule has 1 aliphatic rings. The molecule has 0 amide bonds. The number of ether oxygens (including phenoxy) is 1. The van der Waals surface area contributed by atoms with Crippen molar-refractivity contribution in [1.82, 2.24) is 14.8 Å². The molecule has 90 valence electrons. The Morgan fingerprint density at radius 3 is 3.00 bits per heavy atom. The molecular weight excluding hydrogens is 204 g/mol. The van der Waals surface area contributed by atoms with Gasteiger partial charge in [-0.15, -0.1) is 0 Å².